The molecule has 1 heterocycles. The second kappa shape index (κ2) is 8.15. The van der Waals surface area contributed by atoms with E-state index < -0.39 is 0 Å². The predicted molar refractivity (Wildman–Crippen MR) is 98.7 cm³/mol. The molecule has 3 rings (SSSR count). The number of hydrogen-bond acceptors (Lipinski definition) is 3. The molecule has 128 valence electrons. The molecule has 0 aliphatic carbocycles. The molecule has 2 N–H and O–H groups in total. The van der Waals surface area contributed by atoms with Crippen molar-refractivity contribution in [3.05, 3.63) is 71.9 Å². The Morgan fingerprint density at radius 2 is 1.88 bits per heavy atom. The maximum atomic E-state index is 11.9. The van der Waals surface area contributed by atoms with Gasteiger partial charge in [0, 0.05) is 18.1 Å². The van der Waals surface area contributed by atoms with E-state index in [-0.39, 0.29) is 6.03 Å². The molecule has 5 nitrogen and oxygen atoms in total. The number of aromatic nitrogens is 1. The van der Waals surface area contributed by atoms with E-state index in [0.717, 1.165) is 27.8 Å². The van der Waals surface area contributed by atoms with Crippen LogP contribution < -0.4 is 15.4 Å². The van der Waals surface area contributed by atoms with Crippen LogP contribution in [-0.4, -0.2) is 24.2 Å². The zero-order valence-electron chi connectivity index (χ0n) is 14.2. The van der Waals surface area contributed by atoms with E-state index in [2.05, 4.69) is 15.6 Å². The molecule has 0 fully saturated rings. The molecule has 3 aromatic rings. The monoisotopic (exact) mass is 335 g/mol. The average molecular weight is 335 g/mol. The van der Waals surface area contributed by atoms with Crippen LogP contribution in [0.1, 0.15) is 11.1 Å². The first-order valence-corrected chi connectivity index (χ1v) is 8.27. The van der Waals surface area contributed by atoms with Crippen molar-refractivity contribution in [2.45, 2.75) is 13.5 Å². The largest absolute Gasteiger partial charge is 0.489 e. The third-order valence-corrected chi connectivity index (χ3v) is 3.94. The van der Waals surface area contributed by atoms with Crippen molar-refractivity contribution in [1.29, 1.82) is 0 Å². The smallest absolute Gasteiger partial charge is 0.315 e. The maximum Gasteiger partial charge on any atom is 0.315 e. The second-order valence-electron chi connectivity index (χ2n) is 5.72. The van der Waals surface area contributed by atoms with E-state index in [0.29, 0.717) is 19.7 Å². The highest BCUT2D eigenvalue weighted by Crippen LogP contribution is 2.22. The number of hydrogen-bond donors (Lipinski definition) is 2. The molecule has 0 radical (unpaired) electrons. The summed E-state index contributed by atoms with van der Waals surface area (Å²) in [5.74, 6) is 0.722. The summed E-state index contributed by atoms with van der Waals surface area (Å²) in [7, 11) is 0. The Morgan fingerprint density at radius 3 is 2.76 bits per heavy atom. The number of urea groups is 1. The molecule has 0 atom stereocenters. The van der Waals surface area contributed by atoms with Gasteiger partial charge in [0.05, 0.1) is 6.54 Å². The highest BCUT2D eigenvalue weighted by molar-refractivity contribution is 5.84. The molecule has 5 heteroatoms. The van der Waals surface area contributed by atoms with Crippen LogP contribution in [0.4, 0.5) is 4.79 Å². The molecule has 0 spiro atoms. The summed E-state index contributed by atoms with van der Waals surface area (Å²) in [5.41, 5.74) is 3.10. The predicted octanol–water partition coefficient (Wildman–Crippen LogP) is 3.42. The van der Waals surface area contributed by atoms with E-state index >= 15 is 0 Å². The lowest BCUT2D eigenvalue weighted by molar-refractivity contribution is 0.236. The Morgan fingerprint density at radius 1 is 1.04 bits per heavy atom. The fourth-order valence-corrected chi connectivity index (χ4v) is 2.56. The van der Waals surface area contributed by atoms with Crippen molar-refractivity contribution in [1.82, 2.24) is 15.6 Å². The highest BCUT2D eigenvalue weighted by Gasteiger charge is 2.04. The van der Waals surface area contributed by atoms with Crippen LogP contribution in [0.3, 0.4) is 0 Å². The molecule has 0 aliphatic rings. The number of nitrogens with zero attached hydrogens (tertiary/aromatic N) is 1. The van der Waals surface area contributed by atoms with Gasteiger partial charge in [-0.1, -0.05) is 42.5 Å². The number of benzene rings is 2. The van der Waals surface area contributed by atoms with Gasteiger partial charge in [-0.05, 0) is 30.2 Å². The van der Waals surface area contributed by atoms with E-state index in [1.165, 1.54) is 0 Å². The zero-order valence-corrected chi connectivity index (χ0v) is 14.2. The second-order valence-corrected chi connectivity index (χ2v) is 5.72. The van der Waals surface area contributed by atoms with Gasteiger partial charge in [0.1, 0.15) is 17.9 Å². The Kier molecular flexibility index (Phi) is 5.46. The molecular weight excluding hydrogens is 314 g/mol. The van der Waals surface area contributed by atoms with Gasteiger partial charge in [0.2, 0.25) is 0 Å². The summed E-state index contributed by atoms with van der Waals surface area (Å²) in [4.78, 5) is 16.2. The average Bonchev–Trinajstić information content (AvgIpc) is 2.64. The number of carbonyl (C=O) groups excluding carboxylic acids is 1. The topological polar surface area (TPSA) is 63.2 Å². The summed E-state index contributed by atoms with van der Waals surface area (Å²) in [6, 6.07) is 17.5. The molecule has 2 aromatic carbocycles. The van der Waals surface area contributed by atoms with Crippen LogP contribution in [0, 0.1) is 6.92 Å². The Hall–Kier alpha value is -3.08. The summed E-state index contributed by atoms with van der Waals surface area (Å²) in [5, 5.41) is 6.68. The molecule has 0 saturated carbocycles. The molecule has 2 amide bonds. The van der Waals surface area contributed by atoms with Gasteiger partial charge in [-0.15, -0.1) is 0 Å². The van der Waals surface area contributed by atoms with Crippen molar-refractivity contribution >= 4 is 16.9 Å². The normalized spacial score (nSPS) is 10.4. The van der Waals surface area contributed by atoms with Crippen molar-refractivity contribution in [3.63, 3.8) is 0 Å². The number of nitrogens with one attached hydrogen (secondary N) is 2. The van der Waals surface area contributed by atoms with E-state index in [1.807, 2.05) is 61.5 Å². The Balaban J connectivity index is 1.43. The minimum Gasteiger partial charge on any atom is -0.489 e. The molecule has 0 saturated heterocycles. The first kappa shape index (κ1) is 16.8. The van der Waals surface area contributed by atoms with Crippen LogP contribution in [0.25, 0.3) is 10.9 Å². The van der Waals surface area contributed by atoms with Crippen LogP contribution in [0.5, 0.6) is 5.75 Å². The van der Waals surface area contributed by atoms with E-state index in [9.17, 15) is 4.79 Å². The summed E-state index contributed by atoms with van der Waals surface area (Å²) in [6.45, 7) is 3.34. The summed E-state index contributed by atoms with van der Waals surface area (Å²) in [6.07, 6.45) is 1.74. The molecule has 0 aliphatic heterocycles. The van der Waals surface area contributed by atoms with Gasteiger partial charge in [-0.25, -0.2) is 4.79 Å². The van der Waals surface area contributed by atoms with Crippen molar-refractivity contribution in [2.24, 2.45) is 0 Å². The quantitative estimate of drug-likeness (QED) is 0.679. The van der Waals surface area contributed by atoms with Crippen molar-refractivity contribution in [3.8, 4) is 5.75 Å². The van der Waals surface area contributed by atoms with Gasteiger partial charge >= 0.3 is 6.03 Å². The Bertz CT molecular complexity index is 859. The van der Waals surface area contributed by atoms with Gasteiger partial charge in [0.15, 0.2) is 0 Å². The third-order valence-electron chi connectivity index (χ3n) is 3.94. The first-order chi connectivity index (χ1) is 12.2. The number of rotatable bonds is 6. The van der Waals surface area contributed by atoms with Crippen LogP contribution >= 0.6 is 0 Å². The summed E-state index contributed by atoms with van der Waals surface area (Å²) >= 11 is 0. The van der Waals surface area contributed by atoms with Gasteiger partial charge < -0.3 is 15.4 Å². The molecule has 0 unspecified atom stereocenters. The van der Waals surface area contributed by atoms with Crippen LogP contribution in [0.15, 0.2) is 60.8 Å². The first-order valence-electron chi connectivity index (χ1n) is 8.27. The standard InChI is InChI=1S/C20H21N3O2/c1-15-6-2-3-7-17(15)14-23-20(24)22-12-13-25-18-10-4-8-16-9-5-11-21-19(16)18/h2-11H,12-14H2,1H3,(H2,22,23,24). The van der Waals surface area contributed by atoms with Crippen LogP contribution in [0.2, 0.25) is 0 Å². The minimum atomic E-state index is -0.206. The minimum absolute atomic E-state index is 0.206. The lowest BCUT2D eigenvalue weighted by Crippen LogP contribution is -2.37. The van der Waals surface area contributed by atoms with E-state index in [1.54, 1.807) is 6.20 Å². The van der Waals surface area contributed by atoms with Crippen molar-refractivity contribution in [2.75, 3.05) is 13.2 Å². The van der Waals surface area contributed by atoms with Gasteiger partial charge in [-0.3, -0.25) is 4.98 Å². The zero-order chi connectivity index (χ0) is 17.5. The highest BCUT2D eigenvalue weighted by atomic mass is 16.5. The maximum absolute atomic E-state index is 11.9. The third kappa shape index (κ3) is 4.47. The number of carbonyl (C=O) groups is 1. The number of amides is 2. The van der Waals surface area contributed by atoms with Crippen LogP contribution in [-0.2, 0) is 6.54 Å². The molecule has 0 bridgehead atoms. The fraction of sp³-hybridized carbons (Fsp3) is 0.200. The molecule has 1 aromatic heterocycles. The number of ether oxygens (including phenoxy) is 1. The summed E-state index contributed by atoms with van der Waals surface area (Å²) < 4.78 is 5.75. The SMILES string of the molecule is Cc1ccccc1CNC(=O)NCCOc1cccc2cccnc12. The molecular formula is C20H21N3O2. The fourth-order valence-electron chi connectivity index (χ4n) is 2.56. The van der Waals surface area contributed by atoms with Gasteiger partial charge in [0.25, 0.3) is 0 Å². The Labute approximate surface area is 147 Å². The molecule has 25 heavy (non-hydrogen) atoms. The lowest BCUT2D eigenvalue weighted by Gasteiger charge is -2.11. The van der Waals surface area contributed by atoms with E-state index in [4.69, 9.17) is 4.74 Å². The number of aryl methyl sites for hydroxylation is 1. The number of pyridine rings is 1. The number of fused-ring (bicyclic) bond motifs is 1. The number of para-hydroxylation sites is 1. The van der Waals surface area contributed by atoms with Crippen molar-refractivity contribution < 1.29 is 9.53 Å². The lowest BCUT2D eigenvalue weighted by atomic mass is 10.1. The van der Waals surface area contributed by atoms with Gasteiger partial charge in [-0.2, -0.15) is 0 Å².